The number of fused-ring (bicyclic) bond motifs is 1. The number of aromatic nitrogens is 1. The largest absolute Gasteiger partial charge is 0.354 e. The molecule has 0 radical (unpaired) electrons. The molecule has 1 saturated heterocycles. The van der Waals surface area contributed by atoms with E-state index in [9.17, 15) is 0 Å². The number of benzene rings is 1. The molecule has 4 rings (SSSR count). The summed E-state index contributed by atoms with van der Waals surface area (Å²) in [5, 5.41) is 1.27. The molecule has 1 saturated carbocycles. The molecule has 1 aliphatic heterocycles. The number of pyridine rings is 1. The van der Waals surface area contributed by atoms with Crippen LogP contribution in [0.5, 0.6) is 0 Å². The van der Waals surface area contributed by atoms with Gasteiger partial charge in [-0.1, -0.05) is 51.4 Å². The van der Waals surface area contributed by atoms with E-state index in [2.05, 4.69) is 59.7 Å². The van der Waals surface area contributed by atoms with Crippen molar-refractivity contribution in [2.45, 2.75) is 72.1 Å². The van der Waals surface area contributed by atoms with Gasteiger partial charge in [-0.2, -0.15) is 0 Å². The van der Waals surface area contributed by atoms with Gasteiger partial charge in [-0.15, -0.1) is 0 Å². The lowest BCUT2D eigenvalue weighted by Crippen LogP contribution is -2.48. The Kier molecular flexibility index (Phi) is 9.93. The molecule has 2 aromatic rings. The van der Waals surface area contributed by atoms with E-state index in [4.69, 9.17) is 17.2 Å². The summed E-state index contributed by atoms with van der Waals surface area (Å²) < 4.78 is 0. The topological polar surface area (TPSA) is 22.6 Å². The number of hydrogen-bond donors (Lipinski definition) is 0. The molecule has 4 nitrogen and oxygen atoms in total. The number of nitrogens with zero attached hydrogens (tertiary/aromatic N) is 4. The van der Waals surface area contributed by atoms with Crippen LogP contribution in [0, 0.1) is 12.8 Å². The van der Waals surface area contributed by atoms with Crippen molar-refractivity contribution in [3.8, 4) is 0 Å². The highest BCUT2D eigenvalue weighted by atomic mass is 32.1. The Hall–Kier alpha value is -1.56. The molecule has 2 aliphatic rings. The summed E-state index contributed by atoms with van der Waals surface area (Å²) in [6.45, 7) is 15.9. The van der Waals surface area contributed by atoms with Gasteiger partial charge < -0.3 is 9.80 Å². The van der Waals surface area contributed by atoms with Crippen molar-refractivity contribution < 1.29 is 0 Å². The lowest BCUT2D eigenvalue weighted by atomic mass is 9.89. The van der Waals surface area contributed by atoms with Crippen molar-refractivity contribution in [2.75, 3.05) is 57.3 Å². The number of rotatable bonds is 11. The van der Waals surface area contributed by atoms with Gasteiger partial charge in [-0.3, -0.25) is 4.90 Å². The van der Waals surface area contributed by atoms with Crippen LogP contribution in [-0.2, 0) is 6.42 Å². The molecule has 35 heavy (non-hydrogen) atoms. The Labute approximate surface area is 219 Å². The molecule has 0 bridgehead atoms. The zero-order valence-electron chi connectivity index (χ0n) is 22.4. The highest BCUT2D eigenvalue weighted by molar-refractivity contribution is 7.80. The molecule has 2 heterocycles. The van der Waals surface area contributed by atoms with Crippen molar-refractivity contribution in [2.24, 2.45) is 5.92 Å². The minimum atomic E-state index is 0.896. The first-order valence-corrected chi connectivity index (χ1v) is 14.6. The van der Waals surface area contributed by atoms with Crippen LogP contribution in [0.2, 0.25) is 0 Å². The summed E-state index contributed by atoms with van der Waals surface area (Å²) >= 11 is 5.74. The van der Waals surface area contributed by atoms with Crippen molar-refractivity contribution in [1.82, 2.24) is 14.8 Å². The zero-order chi connectivity index (χ0) is 24.6. The number of thiocarbonyl (C=S) groups is 1. The maximum Gasteiger partial charge on any atom is 0.129 e. The van der Waals surface area contributed by atoms with E-state index in [1.165, 1.54) is 73.1 Å². The van der Waals surface area contributed by atoms with Gasteiger partial charge in [0.1, 0.15) is 5.82 Å². The molecule has 1 aromatic carbocycles. The zero-order valence-corrected chi connectivity index (χ0v) is 23.2. The van der Waals surface area contributed by atoms with Gasteiger partial charge in [0.05, 0.1) is 5.52 Å². The third kappa shape index (κ3) is 7.47. The van der Waals surface area contributed by atoms with Gasteiger partial charge in [0.25, 0.3) is 0 Å². The second-order valence-electron chi connectivity index (χ2n) is 10.8. The smallest absolute Gasteiger partial charge is 0.129 e. The maximum atomic E-state index is 5.74. The molecule has 0 atom stereocenters. The number of anilines is 1. The lowest BCUT2D eigenvalue weighted by Gasteiger charge is -2.38. The van der Waals surface area contributed by atoms with Crippen LogP contribution in [0.4, 0.5) is 5.82 Å². The fourth-order valence-corrected chi connectivity index (χ4v) is 6.26. The Morgan fingerprint density at radius 3 is 2.49 bits per heavy atom. The molecule has 2 fully saturated rings. The fraction of sp³-hybridized carbons (Fsp3) is 0.667. The van der Waals surface area contributed by atoms with Gasteiger partial charge in [0.15, 0.2) is 0 Å². The summed E-state index contributed by atoms with van der Waals surface area (Å²) in [4.78, 5) is 13.9. The average molecular weight is 495 g/mol. The van der Waals surface area contributed by atoms with Crippen molar-refractivity contribution in [3.63, 3.8) is 0 Å². The Balaban J connectivity index is 1.32. The molecule has 0 unspecified atom stereocenters. The molecule has 1 aliphatic carbocycles. The maximum absolute atomic E-state index is 5.74. The van der Waals surface area contributed by atoms with E-state index in [1.807, 2.05) is 0 Å². The minimum Gasteiger partial charge on any atom is -0.354 e. The second-order valence-corrected chi connectivity index (χ2v) is 11.4. The van der Waals surface area contributed by atoms with E-state index in [0.29, 0.717) is 0 Å². The third-order valence-electron chi connectivity index (χ3n) is 8.23. The van der Waals surface area contributed by atoms with Crippen LogP contribution >= 0.6 is 12.2 Å². The highest BCUT2D eigenvalue weighted by Crippen LogP contribution is 2.27. The predicted molar refractivity (Wildman–Crippen MR) is 155 cm³/mol. The summed E-state index contributed by atoms with van der Waals surface area (Å²) in [5.41, 5.74) is 3.75. The molecule has 1 aromatic heterocycles. The predicted octanol–water partition coefficient (Wildman–Crippen LogP) is 6.28. The molecule has 192 valence electrons. The molecular weight excluding hydrogens is 448 g/mol. The van der Waals surface area contributed by atoms with Gasteiger partial charge in [-0.25, -0.2) is 4.98 Å². The van der Waals surface area contributed by atoms with Gasteiger partial charge in [0, 0.05) is 44.5 Å². The fourth-order valence-electron chi connectivity index (χ4n) is 5.95. The second kappa shape index (κ2) is 13.1. The molecule has 5 heteroatoms. The van der Waals surface area contributed by atoms with Crippen molar-refractivity contribution in [3.05, 3.63) is 35.4 Å². The standard InChI is InChI=1S/C30H46N4S/c1-4-32(5-2)15-9-12-27(35)21-26-13-14-29-28(22-26)24(3)20-30(31-29)34-18-16-33(17-19-34)23-25-10-7-6-8-11-25/h13-14,20,22,25H,4-12,15-19,21,23H2,1-3H3. The first-order chi connectivity index (χ1) is 17.1. The summed E-state index contributed by atoms with van der Waals surface area (Å²) in [6, 6.07) is 9.06. The summed E-state index contributed by atoms with van der Waals surface area (Å²) in [6.07, 6.45) is 10.3. The van der Waals surface area contributed by atoms with Crippen LogP contribution in [0.1, 0.15) is 69.9 Å². The van der Waals surface area contributed by atoms with Gasteiger partial charge in [-0.05, 0) is 92.3 Å². The average Bonchev–Trinajstić information content (AvgIpc) is 2.88. The third-order valence-corrected chi connectivity index (χ3v) is 8.58. The molecule has 0 N–H and O–H groups in total. The van der Waals surface area contributed by atoms with Crippen LogP contribution < -0.4 is 4.90 Å². The molecular formula is C30H46N4S. The first kappa shape index (κ1) is 26.5. The number of aryl methyl sites for hydroxylation is 1. The van der Waals surface area contributed by atoms with Gasteiger partial charge >= 0.3 is 0 Å². The lowest BCUT2D eigenvalue weighted by molar-refractivity contribution is 0.192. The summed E-state index contributed by atoms with van der Waals surface area (Å²) in [7, 11) is 0. The number of hydrogen-bond acceptors (Lipinski definition) is 5. The van der Waals surface area contributed by atoms with E-state index >= 15 is 0 Å². The van der Waals surface area contributed by atoms with E-state index in [-0.39, 0.29) is 0 Å². The quantitative estimate of drug-likeness (QED) is 0.342. The molecule has 0 amide bonds. The van der Waals surface area contributed by atoms with E-state index < -0.39 is 0 Å². The van der Waals surface area contributed by atoms with Crippen LogP contribution in [-0.4, -0.2) is 72.0 Å². The van der Waals surface area contributed by atoms with E-state index in [1.54, 1.807) is 0 Å². The monoisotopic (exact) mass is 494 g/mol. The van der Waals surface area contributed by atoms with Crippen molar-refractivity contribution >= 4 is 33.8 Å². The van der Waals surface area contributed by atoms with E-state index in [0.717, 1.165) is 69.2 Å². The SMILES string of the molecule is CCN(CC)CCCC(=S)Cc1ccc2nc(N3CCN(CC4CCCCC4)CC3)cc(C)c2c1. The van der Waals surface area contributed by atoms with Crippen LogP contribution in [0.15, 0.2) is 24.3 Å². The Morgan fingerprint density at radius 1 is 1.03 bits per heavy atom. The van der Waals surface area contributed by atoms with Gasteiger partial charge in [0.2, 0.25) is 0 Å². The Bertz CT molecular complexity index is 956. The highest BCUT2D eigenvalue weighted by Gasteiger charge is 2.22. The van der Waals surface area contributed by atoms with Crippen LogP contribution in [0.3, 0.4) is 0 Å². The first-order valence-electron chi connectivity index (χ1n) is 14.2. The normalized spacial score (nSPS) is 18.0. The molecule has 0 spiro atoms. The minimum absolute atomic E-state index is 0.896. The summed E-state index contributed by atoms with van der Waals surface area (Å²) in [5.74, 6) is 2.08. The van der Waals surface area contributed by atoms with Crippen molar-refractivity contribution in [1.29, 1.82) is 0 Å². The number of piperazine rings is 1. The Morgan fingerprint density at radius 2 is 1.77 bits per heavy atom. The van der Waals surface area contributed by atoms with Crippen LogP contribution in [0.25, 0.3) is 10.9 Å².